The number of hydrogen-bond donors (Lipinski definition) is 1. The predicted octanol–water partition coefficient (Wildman–Crippen LogP) is 3.72. The molecule has 2 aliphatic heterocycles. The molecule has 1 aromatic rings. The number of alkyl halides is 2. The molecule has 2 fully saturated rings. The fourth-order valence-corrected chi connectivity index (χ4v) is 6.61. The fraction of sp³-hybridized carbons (Fsp3) is 0.762. The quantitative estimate of drug-likeness (QED) is 0.801. The summed E-state index contributed by atoms with van der Waals surface area (Å²) in [7, 11) is 0. The van der Waals surface area contributed by atoms with Crippen LogP contribution in [0, 0.1) is 5.92 Å². The first-order valence-electron chi connectivity index (χ1n) is 10.4. The molecule has 1 saturated carbocycles. The molecule has 0 aromatic carbocycles. The minimum atomic E-state index is -2.29. The first-order chi connectivity index (χ1) is 13.3. The lowest BCUT2D eigenvalue weighted by molar-refractivity contribution is -0.121. The number of likely N-dealkylation sites (tertiary alicyclic amines) is 1. The maximum absolute atomic E-state index is 12.8. The molecule has 28 heavy (non-hydrogen) atoms. The number of thiophene rings is 1. The van der Waals surface area contributed by atoms with Crippen LogP contribution in [0.4, 0.5) is 8.78 Å². The van der Waals surface area contributed by atoms with Gasteiger partial charge in [-0.1, -0.05) is 0 Å². The Morgan fingerprint density at radius 1 is 1.46 bits per heavy atom. The molecule has 0 bridgehead atoms. The van der Waals surface area contributed by atoms with Crippen LogP contribution >= 0.6 is 11.3 Å². The highest BCUT2D eigenvalue weighted by Crippen LogP contribution is 2.47. The van der Waals surface area contributed by atoms with E-state index >= 15 is 0 Å². The summed E-state index contributed by atoms with van der Waals surface area (Å²) in [4.78, 5) is 15.7. The summed E-state index contributed by atoms with van der Waals surface area (Å²) in [6, 6.07) is 2.74. The Bertz CT molecular complexity index is 719. The van der Waals surface area contributed by atoms with Crippen molar-refractivity contribution in [2.75, 3.05) is 19.7 Å². The van der Waals surface area contributed by atoms with Gasteiger partial charge in [-0.3, -0.25) is 4.79 Å². The van der Waals surface area contributed by atoms with Gasteiger partial charge in [0.25, 0.3) is 0 Å². The van der Waals surface area contributed by atoms with Crippen molar-refractivity contribution in [1.29, 1.82) is 0 Å². The van der Waals surface area contributed by atoms with E-state index in [2.05, 4.69) is 17.1 Å². The first-order valence-corrected chi connectivity index (χ1v) is 11.2. The third kappa shape index (κ3) is 4.12. The average Bonchev–Trinajstić information content (AvgIpc) is 2.98. The van der Waals surface area contributed by atoms with Gasteiger partial charge < -0.3 is 15.0 Å². The monoisotopic (exact) mass is 412 g/mol. The number of halogens is 2. The molecule has 3 heterocycles. The molecule has 156 valence electrons. The Morgan fingerprint density at radius 3 is 2.93 bits per heavy atom. The van der Waals surface area contributed by atoms with Crippen molar-refractivity contribution < 1.29 is 18.3 Å². The predicted molar refractivity (Wildman–Crippen MR) is 106 cm³/mol. The van der Waals surface area contributed by atoms with E-state index in [-0.39, 0.29) is 17.9 Å². The summed E-state index contributed by atoms with van der Waals surface area (Å²) in [5.41, 5.74) is 0.942. The lowest BCUT2D eigenvalue weighted by Crippen LogP contribution is -2.54. The Hall–Kier alpha value is -1.05. The number of fused-ring (bicyclic) bond motifs is 2. The van der Waals surface area contributed by atoms with Crippen LogP contribution in [-0.4, -0.2) is 49.0 Å². The smallest absolute Gasteiger partial charge is 0.243 e. The zero-order chi connectivity index (χ0) is 19.9. The molecule has 2 atom stereocenters. The van der Waals surface area contributed by atoms with Crippen LogP contribution in [0.3, 0.4) is 0 Å². The van der Waals surface area contributed by atoms with E-state index < -0.39 is 6.43 Å². The molecule has 0 unspecified atom stereocenters. The summed E-state index contributed by atoms with van der Waals surface area (Å²) in [5, 5.41) is 3.00. The second-order valence-corrected chi connectivity index (χ2v) is 9.92. The summed E-state index contributed by atoms with van der Waals surface area (Å²) < 4.78 is 32.0. The van der Waals surface area contributed by atoms with Crippen molar-refractivity contribution in [3.63, 3.8) is 0 Å². The molecule has 1 saturated heterocycles. The van der Waals surface area contributed by atoms with E-state index in [0.717, 1.165) is 50.1 Å². The van der Waals surface area contributed by atoms with E-state index in [1.54, 1.807) is 18.3 Å². The fourth-order valence-electron chi connectivity index (χ4n) is 5.22. The zero-order valence-corrected chi connectivity index (χ0v) is 17.5. The van der Waals surface area contributed by atoms with Gasteiger partial charge in [0, 0.05) is 48.3 Å². The number of nitrogens with zero attached hydrogens (tertiary/aromatic N) is 1. The van der Waals surface area contributed by atoms with Gasteiger partial charge in [-0.25, -0.2) is 8.78 Å². The van der Waals surface area contributed by atoms with Crippen LogP contribution in [0.5, 0.6) is 0 Å². The highest BCUT2D eigenvalue weighted by Gasteiger charge is 2.45. The molecular weight excluding hydrogens is 382 g/mol. The maximum Gasteiger partial charge on any atom is 0.243 e. The normalized spacial score (nSPS) is 33.0. The number of amides is 1. The second-order valence-electron chi connectivity index (χ2n) is 8.79. The van der Waals surface area contributed by atoms with Crippen LogP contribution in [0.1, 0.15) is 54.8 Å². The molecule has 4 nitrogen and oxygen atoms in total. The number of ether oxygens (including phenoxy) is 1. The molecule has 0 radical (unpaired) electrons. The molecule has 7 heteroatoms. The van der Waals surface area contributed by atoms with Gasteiger partial charge in [-0.15, -0.1) is 11.3 Å². The van der Waals surface area contributed by atoms with Gasteiger partial charge in [0.15, 0.2) is 0 Å². The number of nitrogens with one attached hydrogen (secondary N) is 1. The van der Waals surface area contributed by atoms with Crippen molar-refractivity contribution in [2.45, 2.75) is 76.5 Å². The standard InChI is InChI=1S/C21H30F2N2O2S/c1-13-11-21(4-5-25(13)12-15-7-17(8-15)24-14(2)26)20-16(3-6-27-21)9-18(28-20)10-19(22)23/h9,13,15,17,19H,3-8,10-12H2,1-2H3,(H,24,26)/t13-,15?,17?,21+/m0/s1. The van der Waals surface area contributed by atoms with Crippen LogP contribution in [0.2, 0.25) is 0 Å². The lowest BCUT2D eigenvalue weighted by Gasteiger charge is -2.49. The minimum Gasteiger partial charge on any atom is -0.369 e. The average molecular weight is 413 g/mol. The van der Waals surface area contributed by atoms with Gasteiger partial charge in [0.1, 0.15) is 5.60 Å². The Kier molecular flexibility index (Phi) is 5.78. The molecule has 3 aliphatic rings. The summed E-state index contributed by atoms with van der Waals surface area (Å²) in [6.45, 7) is 6.57. The van der Waals surface area contributed by atoms with Crippen molar-refractivity contribution >= 4 is 17.2 Å². The second kappa shape index (κ2) is 8.00. The van der Waals surface area contributed by atoms with Crippen LogP contribution in [-0.2, 0) is 28.0 Å². The van der Waals surface area contributed by atoms with Crippen LogP contribution in [0.15, 0.2) is 6.07 Å². The van der Waals surface area contributed by atoms with Crippen molar-refractivity contribution in [2.24, 2.45) is 5.92 Å². The van der Waals surface area contributed by atoms with Gasteiger partial charge >= 0.3 is 0 Å². The minimum absolute atomic E-state index is 0.0594. The summed E-state index contributed by atoms with van der Waals surface area (Å²) in [5.74, 6) is 0.708. The van der Waals surface area contributed by atoms with Crippen LogP contribution in [0.25, 0.3) is 0 Å². The van der Waals surface area contributed by atoms with E-state index in [9.17, 15) is 13.6 Å². The van der Waals surface area contributed by atoms with E-state index in [1.165, 1.54) is 10.4 Å². The van der Waals surface area contributed by atoms with E-state index in [0.29, 0.717) is 24.6 Å². The van der Waals surface area contributed by atoms with Crippen molar-refractivity contribution in [3.8, 4) is 0 Å². The molecule has 1 N–H and O–H groups in total. The molecule has 4 rings (SSSR count). The van der Waals surface area contributed by atoms with Crippen molar-refractivity contribution in [1.82, 2.24) is 10.2 Å². The highest BCUT2D eigenvalue weighted by atomic mass is 32.1. The molecular formula is C21H30F2N2O2S. The Balaban J connectivity index is 1.38. The van der Waals surface area contributed by atoms with Crippen molar-refractivity contribution in [3.05, 3.63) is 21.4 Å². The number of carbonyl (C=O) groups is 1. The zero-order valence-electron chi connectivity index (χ0n) is 16.7. The van der Waals surface area contributed by atoms with Gasteiger partial charge in [0.2, 0.25) is 12.3 Å². The SMILES string of the molecule is CC(=O)NC1CC(CN2CC[C@]3(C[C@@H]2C)OCCc2cc(CC(F)F)sc23)C1. The third-order valence-electron chi connectivity index (χ3n) is 6.57. The highest BCUT2D eigenvalue weighted by molar-refractivity contribution is 7.12. The molecule has 1 aliphatic carbocycles. The molecule has 1 spiro atoms. The Labute approximate surface area is 169 Å². The van der Waals surface area contributed by atoms with Gasteiger partial charge in [-0.2, -0.15) is 0 Å². The van der Waals surface area contributed by atoms with Gasteiger partial charge in [0.05, 0.1) is 6.61 Å². The Morgan fingerprint density at radius 2 is 2.25 bits per heavy atom. The summed E-state index contributed by atoms with van der Waals surface area (Å²) in [6.07, 6.45) is 2.39. The number of piperidine rings is 1. The summed E-state index contributed by atoms with van der Waals surface area (Å²) >= 11 is 1.54. The first kappa shape index (κ1) is 20.2. The molecule has 1 amide bonds. The van der Waals surface area contributed by atoms with E-state index in [4.69, 9.17) is 4.74 Å². The largest absolute Gasteiger partial charge is 0.369 e. The van der Waals surface area contributed by atoms with Gasteiger partial charge in [-0.05, 0) is 56.6 Å². The topological polar surface area (TPSA) is 41.6 Å². The number of hydrogen-bond acceptors (Lipinski definition) is 4. The number of carbonyl (C=O) groups excluding carboxylic acids is 1. The molecule has 1 aromatic heterocycles. The lowest BCUT2D eigenvalue weighted by atomic mass is 9.77. The third-order valence-corrected chi connectivity index (χ3v) is 7.95. The van der Waals surface area contributed by atoms with E-state index in [1.807, 2.05) is 6.07 Å². The van der Waals surface area contributed by atoms with Crippen LogP contribution < -0.4 is 5.32 Å². The maximum atomic E-state index is 12.8. The number of rotatable bonds is 5.